The second-order valence-corrected chi connectivity index (χ2v) is 6.85. The van der Waals surface area contributed by atoms with E-state index in [0.29, 0.717) is 5.69 Å². The lowest BCUT2D eigenvalue weighted by Crippen LogP contribution is -2.47. The first-order valence-corrected chi connectivity index (χ1v) is 8.77. The molecule has 1 unspecified atom stereocenters. The SMILES string of the molecule is CC(C)N(C(=O)CN1C(=O)NC(C)(c2ccccn2)C1=O)c1ccccc1. The van der Waals surface area contributed by atoms with E-state index in [9.17, 15) is 14.4 Å². The molecule has 0 aliphatic carbocycles. The first-order valence-electron chi connectivity index (χ1n) is 8.77. The van der Waals surface area contributed by atoms with Gasteiger partial charge in [-0.2, -0.15) is 0 Å². The maximum atomic E-state index is 12.9. The number of para-hydroxylation sites is 1. The quantitative estimate of drug-likeness (QED) is 0.823. The van der Waals surface area contributed by atoms with E-state index in [4.69, 9.17) is 0 Å². The van der Waals surface area contributed by atoms with Crippen LogP contribution in [0, 0.1) is 0 Å². The van der Waals surface area contributed by atoms with E-state index >= 15 is 0 Å². The van der Waals surface area contributed by atoms with Gasteiger partial charge in [0.1, 0.15) is 6.54 Å². The maximum Gasteiger partial charge on any atom is 0.325 e. The molecule has 0 saturated carbocycles. The summed E-state index contributed by atoms with van der Waals surface area (Å²) in [5, 5.41) is 2.66. The number of benzene rings is 1. The Morgan fingerprint density at radius 1 is 1.15 bits per heavy atom. The third-order valence-electron chi connectivity index (χ3n) is 4.56. The van der Waals surface area contributed by atoms with E-state index in [1.54, 1.807) is 36.2 Å². The Morgan fingerprint density at radius 3 is 2.41 bits per heavy atom. The molecule has 1 aromatic heterocycles. The maximum absolute atomic E-state index is 12.9. The van der Waals surface area contributed by atoms with Crippen LogP contribution in [-0.4, -0.2) is 40.3 Å². The summed E-state index contributed by atoms with van der Waals surface area (Å²) in [6, 6.07) is 13.6. The normalized spacial score (nSPS) is 19.3. The molecule has 1 aliphatic rings. The number of anilines is 1. The molecule has 7 nitrogen and oxygen atoms in total. The van der Waals surface area contributed by atoms with Crippen LogP contribution in [0.15, 0.2) is 54.7 Å². The lowest BCUT2D eigenvalue weighted by Gasteiger charge is -2.28. The molecule has 4 amide bonds. The number of rotatable bonds is 5. The van der Waals surface area contributed by atoms with Crippen LogP contribution >= 0.6 is 0 Å². The zero-order chi connectivity index (χ0) is 19.6. The molecular weight excluding hydrogens is 344 g/mol. The van der Waals surface area contributed by atoms with Gasteiger partial charge >= 0.3 is 6.03 Å². The highest BCUT2D eigenvalue weighted by Gasteiger charge is 2.50. The highest BCUT2D eigenvalue weighted by atomic mass is 16.2. The Kier molecular flexibility index (Phi) is 4.94. The standard InChI is InChI=1S/C20H22N4O3/c1-14(2)24(15-9-5-4-6-10-15)17(25)13-23-18(26)20(3,22-19(23)27)16-11-7-8-12-21-16/h4-12,14H,13H2,1-3H3,(H,22,27). The van der Waals surface area contributed by atoms with Crippen molar-refractivity contribution in [2.24, 2.45) is 0 Å². The molecule has 2 heterocycles. The second kappa shape index (κ2) is 7.19. The van der Waals surface area contributed by atoms with Gasteiger partial charge in [0.25, 0.3) is 5.91 Å². The predicted octanol–water partition coefficient (Wildman–Crippen LogP) is 2.29. The van der Waals surface area contributed by atoms with E-state index in [0.717, 1.165) is 10.6 Å². The molecule has 140 valence electrons. The lowest BCUT2D eigenvalue weighted by molar-refractivity contribution is -0.134. The summed E-state index contributed by atoms with van der Waals surface area (Å²) in [7, 11) is 0. The molecule has 0 radical (unpaired) electrons. The van der Waals surface area contributed by atoms with E-state index in [2.05, 4.69) is 10.3 Å². The van der Waals surface area contributed by atoms with Crippen molar-refractivity contribution in [2.45, 2.75) is 32.4 Å². The van der Waals surface area contributed by atoms with Gasteiger partial charge in [-0.05, 0) is 45.0 Å². The number of pyridine rings is 1. The molecule has 7 heteroatoms. The number of imide groups is 1. The minimum Gasteiger partial charge on any atom is -0.318 e. The van der Waals surface area contributed by atoms with E-state index in [-0.39, 0.29) is 18.5 Å². The summed E-state index contributed by atoms with van der Waals surface area (Å²) in [5.74, 6) is -0.818. The number of amides is 4. The summed E-state index contributed by atoms with van der Waals surface area (Å²) >= 11 is 0. The minimum atomic E-state index is -1.28. The molecular formula is C20H22N4O3. The second-order valence-electron chi connectivity index (χ2n) is 6.85. The minimum absolute atomic E-state index is 0.122. The molecule has 2 aromatic rings. The fourth-order valence-corrected chi connectivity index (χ4v) is 3.20. The van der Waals surface area contributed by atoms with Crippen LogP contribution in [0.2, 0.25) is 0 Å². The fourth-order valence-electron chi connectivity index (χ4n) is 3.20. The summed E-state index contributed by atoms with van der Waals surface area (Å²) in [4.78, 5) is 45.0. The van der Waals surface area contributed by atoms with Gasteiger partial charge in [-0.3, -0.25) is 19.5 Å². The van der Waals surface area contributed by atoms with Crippen molar-refractivity contribution < 1.29 is 14.4 Å². The third-order valence-corrected chi connectivity index (χ3v) is 4.56. The van der Waals surface area contributed by atoms with Gasteiger partial charge in [-0.15, -0.1) is 0 Å². The van der Waals surface area contributed by atoms with Gasteiger partial charge in [0.15, 0.2) is 5.54 Å². The highest BCUT2D eigenvalue weighted by molar-refractivity contribution is 6.10. The van der Waals surface area contributed by atoms with Crippen LogP contribution in [0.4, 0.5) is 10.5 Å². The molecule has 3 rings (SSSR count). The Bertz CT molecular complexity index is 854. The van der Waals surface area contributed by atoms with Crippen molar-refractivity contribution in [1.82, 2.24) is 15.2 Å². The van der Waals surface area contributed by atoms with E-state index < -0.39 is 17.5 Å². The number of nitrogens with one attached hydrogen (secondary N) is 1. The lowest BCUT2D eigenvalue weighted by atomic mass is 9.97. The molecule has 0 bridgehead atoms. The number of aromatic nitrogens is 1. The average Bonchev–Trinajstić information content (AvgIpc) is 2.87. The van der Waals surface area contributed by atoms with Crippen LogP contribution in [-0.2, 0) is 15.1 Å². The Hall–Kier alpha value is -3.22. The van der Waals surface area contributed by atoms with Crippen LogP contribution in [0.1, 0.15) is 26.5 Å². The number of carbonyl (C=O) groups is 3. The molecule has 1 atom stereocenters. The monoisotopic (exact) mass is 366 g/mol. The molecule has 1 aliphatic heterocycles. The molecule has 1 N–H and O–H groups in total. The Labute approximate surface area is 158 Å². The predicted molar refractivity (Wildman–Crippen MR) is 101 cm³/mol. The van der Waals surface area contributed by atoms with E-state index in [1.165, 1.54) is 0 Å². The molecule has 27 heavy (non-hydrogen) atoms. The van der Waals surface area contributed by atoms with Gasteiger partial charge in [-0.25, -0.2) is 4.79 Å². The van der Waals surface area contributed by atoms with Gasteiger partial charge in [0.05, 0.1) is 5.69 Å². The van der Waals surface area contributed by atoms with Gasteiger partial charge in [0.2, 0.25) is 5.91 Å². The van der Waals surface area contributed by atoms with Crippen LogP contribution in [0.3, 0.4) is 0 Å². The van der Waals surface area contributed by atoms with E-state index in [1.807, 2.05) is 44.2 Å². The zero-order valence-electron chi connectivity index (χ0n) is 15.5. The molecule has 1 saturated heterocycles. The first kappa shape index (κ1) is 18.6. The largest absolute Gasteiger partial charge is 0.325 e. The zero-order valence-corrected chi connectivity index (χ0v) is 15.5. The van der Waals surface area contributed by atoms with Crippen LogP contribution in [0.25, 0.3) is 0 Å². The Balaban J connectivity index is 1.83. The number of hydrogen-bond acceptors (Lipinski definition) is 4. The number of urea groups is 1. The number of nitrogens with zero attached hydrogens (tertiary/aromatic N) is 3. The fraction of sp³-hybridized carbons (Fsp3) is 0.300. The summed E-state index contributed by atoms with van der Waals surface area (Å²) in [6.45, 7) is 5.03. The Morgan fingerprint density at radius 2 is 1.81 bits per heavy atom. The molecule has 1 fully saturated rings. The topological polar surface area (TPSA) is 82.6 Å². The van der Waals surface area contributed by atoms with Crippen molar-refractivity contribution >= 4 is 23.5 Å². The summed E-state index contributed by atoms with van der Waals surface area (Å²) in [5.41, 5.74) is -0.132. The van der Waals surface area contributed by atoms with Crippen molar-refractivity contribution in [3.8, 4) is 0 Å². The van der Waals surface area contributed by atoms with Crippen molar-refractivity contribution in [3.05, 3.63) is 60.4 Å². The first-order chi connectivity index (χ1) is 12.8. The third kappa shape index (κ3) is 3.40. The van der Waals surface area contributed by atoms with Crippen molar-refractivity contribution in [3.63, 3.8) is 0 Å². The van der Waals surface area contributed by atoms with Gasteiger partial charge in [-0.1, -0.05) is 24.3 Å². The molecule has 0 spiro atoms. The summed E-state index contributed by atoms with van der Waals surface area (Å²) < 4.78 is 0. The van der Waals surface area contributed by atoms with Crippen LogP contribution in [0.5, 0.6) is 0 Å². The van der Waals surface area contributed by atoms with Crippen molar-refractivity contribution in [2.75, 3.05) is 11.4 Å². The van der Waals surface area contributed by atoms with Gasteiger partial charge in [0, 0.05) is 17.9 Å². The average molecular weight is 366 g/mol. The van der Waals surface area contributed by atoms with Crippen molar-refractivity contribution in [1.29, 1.82) is 0 Å². The smallest absolute Gasteiger partial charge is 0.318 e. The number of carbonyl (C=O) groups excluding carboxylic acids is 3. The number of hydrogen-bond donors (Lipinski definition) is 1. The van der Waals surface area contributed by atoms with Crippen LogP contribution < -0.4 is 10.2 Å². The molecule has 1 aromatic carbocycles. The summed E-state index contributed by atoms with van der Waals surface area (Å²) in [6.07, 6.45) is 1.56. The highest BCUT2D eigenvalue weighted by Crippen LogP contribution is 2.27. The van der Waals surface area contributed by atoms with Gasteiger partial charge < -0.3 is 10.2 Å².